The Morgan fingerprint density at radius 2 is 1.70 bits per heavy atom. The lowest BCUT2D eigenvalue weighted by atomic mass is 9.75. The van der Waals surface area contributed by atoms with Crippen molar-refractivity contribution in [2.24, 2.45) is 5.92 Å². The molecule has 0 spiro atoms. The molecular formula is C20H22O3. The highest BCUT2D eigenvalue weighted by atomic mass is 16.5. The first-order chi connectivity index (χ1) is 11.0. The molecule has 0 bridgehead atoms. The Labute approximate surface area is 137 Å². The lowest BCUT2D eigenvalue weighted by Gasteiger charge is -2.27. The zero-order valence-corrected chi connectivity index (χ0v) is 14.1. The maximum absolute atomic E-state index is 12.8. The number of carbonyl (C=O) groups excluding carboxylic acids is 1. The molecule has 3 heteroatoms. The van der Waals surface area contributed by atoms with Crippen LogP contribution in [0, 0.1) is 5.92 Å². The molecule has 0 saturated carbocycles. The number of ether oxygens (including phenoxy) is 2. The van der Waals surface area contributed by atoms with Crippen LogP contribution < -0.4 is 9.47 Å². The maximum Gasteiger partial charge on any atom is 0.167 e. The van der Waals surface area contributed by atoms with Gasteiger partial charge in [-0.1, -0.05) is 44.2 Å². The zero-order valence-electron chi connectivity index (χ0n) is 14.1. The van der Waals surface area contributed by atoms with E-state index in [-0.39, 0.29) is 17.1 Å². The molecule has 0 heterocycles. The molecule has 1 aliphatic carbocycles. The zero-order chi connectivity index (χ0) is 16.6. The summed E-state index contributed by atoms with van der Waals surface area (Å²) in [6.45, 7) is 4.31. The van der Waals surface area contributed by atoms with Crippen molar-refractivity contribution in [2.45, 2.75) is 25.7 Å². The SMILES string of the molecule is COc1ccc(CC2C(=O)c3ccccc3C2(C)C)cc1OC. The molecule has 0 N–H and O–H groups in total. The Morgan fingerprint density at radius 3 is 2.35 bits per heavy atom. The third-order valence-corrected chi connectivity index (χ3v) is 4.96. The molecular weight excluding hydrogens is 288 g/mol. The predicted molar refractivity (Wildman–Crippen MR) is 90.5 cm³/mol. The second-order valence-corrected chi connectivity index (χ2v) is 6.58. The van der Waals surface area contributed by atoms with Crippen LogP contribution in [0.15, 0.2) is 42.5 Å². The Kier molecular flexibility index (Phi) is 3.88. The fraction of sp³-hybridized carbons (Fsp3) is 0.350. The van der Waals surface area contributed by atoms with E-state index in [0.717, 1.165) is 16.7 Å². The van der Waals surface area contributed by atoms with Gasteiger partial charge in [0.15, 0.2) is 17.3 Å². The summed E-state index contributed by atoms with van der Waals surface area (Å²) in [5.74, 6) is 1.58. The fourth-order valence-corrected chi connectivity index (χ4v) is 3.55. The minimum Gasteiger partial charge on any atom is -0.493 e. The molecule has 1 atom stereocenters. The summed E-state index contributed by atoms with van der Waals surface area (Å²) in [6, 6.07) is 13.8. The Hall–Kier alpha value is -2.29. The van der Waals surface area contributed by atoms with E-state index in [1.54, 1.807) is 14.2 Å². The third kappa shape index (κ3) is 2.50. The topological polar surface area (TPSA) is 35.5 Å². The maximum atomic E-state index is 12.8. The van der Waals surface area contributed by atoms with Crippen LogP contribution in [0.2, 0.25) is 0 Å². The first-order valence-corrected chi connectivity index (χ1v) is 7.83. The van der Waals surface area contributed by atoms with Crippen LogP contribution in [-0.4, -0.2) is 20.0 Å². The van der Waals surface area contributed by atoms with E-state index in [1.807, 2.05) is 36.4 Å². The summed E-state index contributed by atoms with van der Waals surface area (Å²) in [5, 5.41) is 0. The van der Waals surface area contributed by atoms with E-state index in [0.29, 0.717) is 17.9 Å². The Morgan fingerprint density at radius 1 is 1.00 bits per heavy atom. The van der Waals surface area contributed by atoms with Crippen LogP contribution in [0.4, 0.5) is 0 Å². The van der Waals surface area contributed by atoms with Crippen molar-refractivity contribution < 1.29 is 14.3 Å². The van der Waals surface area contributed by atoms with Crippen LogP contribution in [0.3, 0.4) is 0 Å². The summed E-state index contributed by atoms with van der Waals surface area (Å²) < 4.78 is 10.7. The second kappa shape index (κ2) is 5.73. The number of benzene rings is 2. The monoisotopic (exact) mass is 310 g/mol. The number of carbonyl (C=O) groups is 1. The number of Topliss-reactive ketones (excluding diaryl/α,β-unsaturated/α-hetero) is 1. The molecule has 0 amide bonds. The lowest BCUT2D eigenvalue weighted by molar-refractivity contribution is 0.0897. The van der Waals surface area contributed by atoms with Crippen LogP contribution in [0.5, 0.6) is 11.5 Å². The van der Waals surface area contributed by atoms with Crippen LogP contribution in [-0.2, 0) is 11.8 Å². The number of ketones is 1. The molecule has 0 saturated heterocycles. The number of hydrogen-bond acceptors (Lipinski definition) is 3. The molecule has 1 unspecified atom stereocenters. The molecule has 0 radical (unpaired) electrons. The largest absolute Gasteiger partial charge is 0.493 e. The van der Waals surface area contributed by atoms with Crippen molar-refractivity contribution >= 4 is 5.78 Å². The van der Waals surface area contributed by atoms with E-state index < -0.39 is 0 Å². The van der Waals surface area contributed by atoms with Crippen molar-refractivity contribution in [2.75, 3.05) is 14.2 Å². The number of fused-ring (bicyclic) bond motifs is 1. The van der Waals surface area contributed by atoms with Gasteiger partial charge in [0.2, 0.25) is 0 Å². The van der Waals surface area contributed by atoms with E-state index >= 15 is 0 Å². The summed E-state index contributed by atoms with van der Waals surface area (Å²) in [6.07, 6.45) is 0.695. The quantitative estimate of drug-likeness (QED) is 0.855. The Balaban J connectivity index is 1.94. The van der Waals surface area contributed by atoms with Gasteiger partial charge >= 0.3 is 0 Å². The third-order valence-electron chi connectivity index (χ3n) is 4.96. The summed E-state index contributed by atoms with van der Waals surface area (Å²) in [4.78, 5) is 12.8. The van der Waals surface area contributed by atoms with Crippen molar-refractivity contribution in [1.82, 2.24) is 0 Å². The summed E-state index contributed by atoms with van der Waals surface area (Å²) in [5.41, 5.74) is 2.93. The normalized spacial score (nSPS) is 18.6. The first kappa shape index (κ1) is 15.6. The molecule has 0 aliphatic heterocycles. The fourth-order valence-electron chi connectivity index (χ4n) is 3.55. The Bertz CT molecular complexity index is 746. The van der Waals surface area contributed by atoms with Crippen molar-refractivity contribution in [3.63, 3.8) is 0 Å². The molecule has 3 nitrogen and oxygen atoms in total. The average molecular weight is 310 g/mol. The van der Waals surface area contributed by atoms with Crippen molar-refractivity contribution in [3.8, 4) is 11.5 Å². The van der Waals surface area contributed by atoms with Gasteiger partial charge in [0.1, 0.15) is 0 Å². The predicted octanol–water partition coefficient (Wildman–Crippen LogP) is 4.04. The lowest BCUT2D eigenvalue weighted by Crippen LogP contribution is -2.29. The highest BCUT2D eigenvalue weighted by Gasteiger charge is 2.45. The smallest absolute Gasteiger partial charge is 0.167 e. The highest BCUT2D eigenvalue weighted by Crippen LogP contribution is 2.44. The van der Waals surface area contributed by atoms with Gasteiger partial charge in [-0.3, -0.25) is 4.79 Å². The van der Waals surface area contributed by atoms with Gasteiger partial charge in [0.05, 0.1) is 14.2 Å². The van der Waals surface area contributed by atoms with Crippen molar-refractivity contribution in [1.29, 1.82) is 0 Å². The van der Waals surface area contributed by atoms with Crippen LogP contribution >= 0.6 is 0 Å². The van der Waals surface area contributed by atoms with Crippen LogP contribution in [0.1, 0.15) is 35.3 Å². The van der Waals surface area contributed by atoms with E-state index in [1.165, 1.54) is 0 Å². The molecule has 1 aliphatic rings. The van der Waals surface area contributed by atoms with Gasteiger partial charge in [0, 0.05) is 16.9 Å². The van der Waals surface area contributed by atoms with Gasteiger partial charge in [-0.05, 0) is 29.7 Å². The molecule has 0 aromatic heterocycles. The number of methoxy groups -OCH3 is 2. The summed E-state index contributed by atoms with van der Waals surface area (Å²) in [7, 11) is 3.25. The standard InChI is InChI=1S/C20H22O3/c1-20(2)15-8-6-5-7-14(15)19(21)16(20)11-13-9-10-17(22-3)18(12-13)23-4/h5-10,12,16H,11H2,1-4H3. The molecule has 2 aromatic rings. The van der Waals surface area contributed by atoms with Gasteiger partial charge in [-0.25, -0.2) is 0 Å². The molecule has 3 rings (SSSR count). The van der Waals surface area contributed by atoms with Gasteiger partial charge in [-0.15, -0.1) is 0 Å². The molecule has 120 valence electrons. The summed E-state index contributed by atoms with van der Waals surface area (Å²) >= 11 is 0. The first-order valence-electron chi connectivity index (χ1n) is 7.83. The van der Waals surface area contributed by atoms with Crippen molar-refractivity contribution in [3.05, 3.63) is 59.2 Å². The van der Waals surface area contributed by atoms with E-state index in [2.05, 4.69) is 19.9 Å². The molecule has 2 aromatic carbocycles. The minimum atomic E-state index is -0.166. The van der Waals surface area contributed by atoms with Gasteiger partial charge < -0.3 is 9.47 Å². The average Bonchev–Trinajstić information content (AvgIpc) is 2.76. The van der Waals surface area contributed by atoms with Gasteiger partial charge in [-0.2, -0.15) is 0 Å². The number of hydrogen-bond donors (Lipinski definition) is 0. The molecule has 23 heavy (non-hydrogen) atoms. The van der Waals surface area contributed by atoms with Gasteiger partial charge in [0.25, 0.3) is 0 Å². The number of rotatable bonds is 4. The van der Waals surface area contributed by atoms with E-state index in [9.17, 15) is 4.79 Å². The highest BCUT2D eigenvalue weighted by molar-refractivity contribution is 6.04. The minimum absolute atomic E-state index is 0.0574. The molecule has 0 fully saturated rings. The van der Waals surface area contributed by atoms with Crippen LogP contribution in [0.25, 0.3) is 0 Å². The van der Waals surface area contributed by atoms with E-state index in [4.69, 9.17) is 9.47 Å². The second-order valence-electron chi connectivity index (χ2n) is 6.58.